The predicted molar refractivity (Wildman–Crippen MR) is 114 cm³/mol. The zero-order valence-corrected chi connectivity index (χ0v) is 15.5. The first-order valence-corrected chi connectivity index (χ1v) is 10.2. The van der Waals surface area contributed by atoms with Crippen molar-refractivity contribution in [3.05, 3.63) is 30.1 Å². The highest BCUT2D eigenvalue weighted by Gasteiger charge is 2.24. The molecular weight excluding hydrogens is 355 g/mol. The molecule has 2 fully saturated rings. The average Bonchev–Trinajstić information content (AvgIpc) is 2.61. The molecule has 3 rings (SSSR count). The molecule has 1 aromatic rings. The van der Waals surface area contributed by atoms with E-state index in [4.69, 9.17) is 4.74 Å². The minimum absolute atomic E-state index is 0. The number of rotatable bonds is 4. The van der Waals surface area contributed by atoms with Gasteiger partial charge in [-0.1, -0.05) is 47.0 Å². The molecule has 28 heavy (non-hydrogen) atoms. The van der Waals surface area contributed by atoms with Crippen LogP contribution in [0.25, 0.3) is 0 Å². The van der Waals surface area contributed by atoms with Crippen molar-refractivity contribution < 1.29 is 13.9 Å². The quantitative estimate of drug-likeness (QED) is 0.639. The van der Waals surface area contributed by atoms with Crippen LogP contribution < -0.4 is 15.4 Å². The Morgan fingerprint density at radius 3 is 1.86 bits per heavy atom. The second-order valence-corrected chi connectivity index (χ2v) is 7.71. The fourth-order valence-corrected chi connectivity index (χ4v) is 4.04. The zero-order valence-electron chi connectivity index (χ0n) is 15.5. The lowest BCUT2D eigenvalue weighted by Gasteiger charge is -2.30. The Bertz CT molecular complexity index is 548. The number of hydrogen-bond donors (Lipinski definition) is 2. The summed E-state index contributed by atoms with van der Waals surface area (Å²) in [6.07, 6.45) is 12.4. The molecule has 0 heterocycles. The number of halogens is 1. The number of urea groups is 1. The summed E-state index contributed by atoms with van der Waals surface area (Å²) in [5, 5.41) is 6.31. The van der Waals surface area contributed by atoms with Crippen LogP contribution in [-0.4, -0.2) is 24.2 Å². The second-order valence-electron chi connectivity index (χ2n) is 7.71. The van der Waals surface area contributed by atoms with E-state index in [0.717, 1.165) is 38.5 Å². The number of ether oxygens (including phenoxy) is 1. The first-order valence-electron chi connectivity index (χ1n) is 10.2. The van der Waals surface area contributed by atoms with Crippen LogP contribution in [0.15, 0.2) is 24.3 Å². The van der Waals surface area contributed by atoms with Crippen LogP contribution in [0.1, 0.15) is 85.5 Å². The molecule has 0 bridgehead atoms. The smallest absolute Gasteiger partial charge is 0.315 e. The van der Waals surface area contributed by atoms with Crippen LogP contribution in [0.3, 0.4) is 0 Å². The standard InChI is InChI=1S/C21H31FN2O2.2CH4/c22-16-8-12-19(13-9-16)26-20-14-10-18(11-15-20)24-21(25)23-17-6-4-2-1-3-5-7-17;;/h8-9,12-13,17-18,20H,1-7,10-11,14-15H2,(H2,23,24,25);2*1H4. The van der Waals surface area contributed by atoms with Gasteiger partial charge in [0.15, 0.2) is 0 Å². The highest BCUT2D eigenvalue weighted by molar-refractivity contribution is 5.74. The van der Waals surface area contributed by atoms with Crippen molar-refractivity contribution in [3.8, 4) is 5.75 Å². The fourth-order valence-electron chi connectivity index (χ4n) is 4.04. The van der Waals surface area contributed by atoms with Crippen molar-refractivity contribution in [1.82, 2.24) is 10.6 Å². The average molecular weight is 395 g/mol. The van der Waals surface area contributed by atoms with Crippen molar-refractivity contribution in [3.63, 3.8) is 0 Å². The lowest BCUT2D eigenvalue weighted by atomic mass is 9.93. The Morgan fingerprint density at radius 2 is 1.29 bits per heavy atom. The van der Waals surface area contributed by atoms with Crippen LogP contribution in [0.4, 0.5) is 9.18 Å². The molecular formula is C23H39FN2O2. The Hall–Kier alpha value is -1.78. The van der Waals surface area contributed by atoms with E-state index in [1.165, 1.54) is 44.2 Å². The maximum atomic E-state index is 12.9. The Morgan fingerprint density at radius 1 is 0.786 bits per heavy atom. The van der Waals surface area contributed by atoms with Gasteiger partial charge in [-0.05, 0) is 62.8 Å². The first kappa shape index (κ1) is 24.3. The maximum absolute atomic E-state index is 12.9. The molecule has 0 spiro atoms. The van der Waals surface area contributed by atoms with Crippen molar-refractivity contribution in [2.75, 3.05) is 0 Å². The Kier molecular flexibility index (Phi) is 10.9. The van der Waals surface area contributed by atoms with Gasteiger partial charge in [0.05, 0.1) is 6.10 Å². The van der Waals surface area contributed by atoms with E-state index >= 15 is 0 Å². The van der Waals surface area contributed by atoms with E-state index in [1.54, 1.807) is 12.1 Å². The van der Waals surface area contributed by atoms with Gasteiger partial charge in [0.1, 0.15) is 11.6 Å². The third-order valence-electron chi connectivity index (χ3n) is 5.57. The monoisotopic (exact) mass is 394 g/mol. The third-order valence-corrected chi connectivity index (χ3v) is 5.57. The van der Waals surface area contributed by atoms with E-state index in [2.05, 4.69) is 10.6 Å². The topological polar surface area (TPSA) is 50.4 Å². The second kappa shape index (κ2) is 12.6. The van der Waals surface area contributed by atoms with Gasteiger partial charge in [0.2, 0.25) is 0 Å². The molecule has 2 saturated carbocycles. The SMILES string of the molecule is C.C.O=C(NC1CCCCCCC1)NC1CCC(Oc2ccc(F)cc2)CC1. The summed E-state index contributed by atoms with van der Waals surface area (Å²) in [6, 6.07) is 6.71. The fraction of sp³-hybridized carbons (Fsp3) is 0.696. The molecule has 0 aliphatic heterocycles. The number of benzene rings is 1. The van der Waals surface area contributed by atoms with Crippen LogP contribution in [-0.2, 0) is 0 Å². The molecule has 0 unspecified atom stereocenters. The lowest BCUT2D eigenvalue weighted by molar-refractivity contribution is 0.139. The number of nitrogens with one attached hydrogen (secondary N) is 2. The maximum Gasteiger partial charge on any atom is 0.315 e. The summed E-state index contributed by atoms with van der Waals surface area (Å²) in [4.78, 5) is 12.3. The van der Waals surface area contributed by atoms with E-state index in [-0.39, 0.29) is 38.8 Å². The van der Waals surface area contributed by atoms with E-state index < -0.39 is 0 Å². The van der Waals surface area contributed by atoms with Gasteiger partial charge >= 0.3 is 6.03 Å². The largest absolute Gasteiger partial charge is 0.490 e. The molecule has 0 saturated heterocycles. The van der Waals surface area contributed by atoms with Crippen molar-refractivity contribution in [1.29, 1.82) is 0 Å². The van der Waals surface area contributed by atoms with Gasteiger partial charge in [0.25, 0.3) is 0 Å². The summed E-state index contributed by atoms with van der Waals surface area (Å²) < 4.78 is 18.9. The molecule has 2 aliphatic carbocycles. The van der Waals surface area contributed by atoms with E-state index in [1.807, 2.05) is 0 Å². The van der Waals surface area contributed by atoms with Crippen molar-refractivity contribution >= 4 is 6.03 Å². The minimum Gasteiger partial charge on any atom is -0.490 e. The normalized spacial score (nSPS) is 23.2. The minimum atomic E-state index is -0.249. The highest BCUT2D eigenvalue weighted by Crippen LogP contribution is 2.24. The van der Waals surface area contributed by atoms with Gasteiger partial charge < -0.3 is 15.4 Å². The number of carbonyl (C=O) groups is 1. The number of amides is 2. The molecule has 1 aromatic carbocycles. The summed E-state index contributed by atoms with van der Waals surface area (Å²) in [7, 11) is 0. The summed E-state index contributed by atoms with van der Waals surface area (Å²) in [5.41, 5.74) is 0. The summed E-state index contributed by atoms with van der Waals surface area (Å²) >= 11 is 0. The van der Waals surface area contributed by atoms with Crippen molar-refractivity contribution in [2.45, 2.75) is 104 Å². The van der Waals surface area contributed by atoms with Crippen molar-refractivity contribution in [2.24, 2.45) is 0 Å². The molecule has 2 aliphatic rings. The number of hydrogen-bond acceptors (Lipinski definition) is 2. The lowest BCUT2D eigenvalue weighted by Crippen LogP contribution is -2.48. The molecule has 0 radical (unpaired) electrons. The third kappa shape index (κ3) is 8.07. The molecule has 0 atom stereocenters. The Labute approximate surface area is 170 Å². The van der Waals surface area contributed by atoms with Crippen LogP contribution in [0, 0.1) is 5.82 Å². The van der Waals surface area contributed by atoms with Crippen LogP contribution in [0.2, 0.25) is 0 Å². The number of carbonyl (C=O) groups excluding carboxylic acids is 1. The summed E-state index contributed by atoms with van der Waals surface area (Å²) in [6.45, 7) is 0. The van der Waals surface area contributed by atoms with E-state index in [9.17, 15) is 9.18 Å². The molecule has 5 heteroatoms. The zero-order chi connectivity index (χ0) is 18.2. The van der Waals surface area contributed by atoms with Gasteiger partial charge in [0, 0.05) is 12.1 Å². The highest BCUT2D eigenvalue weighted by atomic mass is 19.1. The van der Waals surface area contributed by atoms with Gasteiger partial charge in [-0.2, -0.15) is 0 Å². The van der Waals surface area contributed by atoms with Gasteiger partial charge in [-0.3, -0.25) is 0 Å². The predicted octanol–water partition coefficient (Wildman–Crippen LogP) is 6.20. The molecule has 0 aromatic heterocycles. The summed E-state index contributed by atoms with van der Waals surface area (Å²) in [5.74, 6) is 0.463. The van der Waals surface area contributed by atoms with E-state index in [0.29, 0.717) is 11.8 Å². The molecule has 2 N–H and O–H groups in total. The van der Waals surface area contributed by atoms with Crippen LogP contribution >= 0.6 is 0 Å². The van der Waals surface area contributed by atoms with Crippen LogP contribution in [0.5, 0.6) is 5.75 Å². The molecule has 160 valence electrons. The molecule has 2 amide bonds. The van der Waals surface area contributed by atoms with Gasteiger partial charge in [-0.25, -0.2) is 9.18 Å². The first-order chi connectivity index (χ1) is 12.7. The van der Waals surface area contributed by atoms with Gasteiger partial charge in [-0.15, -0.1) is 0 Å². The Balaban J connectivity index is 0.00000196. The molecule has 4 nitrogen and oxygen atoms in total.